The topological polar surface area (TPSA) is 25.8 Å². The van der Waals surface area contributed by atoms with E-state index in [0.717, 1.165) is 28.6 Å². The minimum absolute atomic E-state index is 0.247. The van der Waals surface area contributed by atoms with E-state index in [2.05, 4.69) is 20.9 Å². The number of rotatable bonds is 3. The lowest BCUT2D eigenvalue weighted by atomic mass is 9.83. The summed E-state index contributed by atoms with van der Waals surface area (Å²) in [6.07, 6.45) is 2.28. The molecule has 1 saturated carbocycles. The maximum Gasteiger partial charge on any atom is 0.147 e. The molecular formula is C16H15BrClFN2. The summed E-state index contributed by atoms with van der Waals surface area (Å²) in [4.78, 5) is 9.16. The summed E-state index contributed by atoms with van der Waals surface area (Å²) in [6.45, 7) is 4.05. The van der Waals surface area contributed by atoms with E-state index in [4.69, 9.17) is 16.6 Å². The molecule has 5 heteroatoms. The first-order valence-corrected chi connectivity index (χ1v) is 8.06. The van der Waals surface area contributed by atoms with E-state index in [-0.39, 0.29) is 5.82 Å². The number of hydrogen-bond acceptors (Lipinski definition) is 2. The predicted octanol–water partition coefficient (Wildman–Crippen LogP) is 5.23. The molecule has 110 valence electrons. The van der Waals surface area contributed by atoms with Crippen LogP contribution in [0.4, 0.5) is 4.39 Å². The normalized spacial score (nSPS) is 15.3. The van der Waals surface area contributed by atoms with Crippen LogP contribution in [0.5, 0.6) is 0 Å². The molecule has 0 atom stereocenters. The van der Waals surface area contributed by atoms with E-state index >= 15 is 0 Å². The molecule has 2 nitrogen and oxygen atoms in total. The van der Waals surface area contributed by atoms with Crippen LogP contribution in [0.1, 0.15) is 49.7 Å². The van der Waals surface area contributed by atoms with Gasteiger partial charge in [0.25, 0.3) is 0 Å². The van der Waals surface area contributed by atoms with Crippen LogP contribution in [0.25, 0.3) is 0 Å². The number of benzene rings is 1. The highest BCUT2D eigenvalue weighted by molar-refractivity contribution is 9.10. The van der Waals surface area contributed by atoms with Crippen molar-refractivity contribution in [2.75, 3.05) is 0 Å². The van der Waals surface area contributed by atoms with Gasteiger partial charge in [0.1, 0.15) is 16.8 Å². The third-order valence-electron chi connectivity index (χ3n) is 3.93. The molecule has 0 bridgehead atoms. The zero-order valence-electron chi connectivity index (χ0n) is 11.8. The van der Waals surface area contributed by atoms with E-state index < -0.39 is 5.41 Å². The Bertz CT molecular complexity index is 681. The Kier molecular flexibility index (Phi) is 3.78. The lowest BCUT2D eigenvalue weighted by Crippen LogP contribution is -2.23. The third-order valence-corrected chi connectivity index (χ3v) is 5.21. The van der Waals surface area contributed by atoms with Crippen LogP contribution in [0.15, 0.2) is 28.7 Å². The molecule has 0 radical (unpaired) electrons. The molecule has 21 heavy (non-hydrogen) atoms. The summed E-state index contributed by atoms with van der Waals surface area (Å²) < 4.78 is 13.9. The van der Waals surface area contributed by atoms with Gasteiger partial charge in [0.2, 0.25) is 0 Å². The molecule has 1 aromatic carbocycles. The van der Waals surface area contributed by atoms with Crippen molar-refractivity contribution in [1.29, 1.82) is 0 Å². The SMILES string of the molecule is CC(C)(c1ccc(F)cc1)c1nc(Cl)c(Br)c(C2CC2)n1. The molecule has 3 rings (SSSR count). The van der Waals surface area contributed by atoms with Crippen molar-refractivity contribution in [2.45, 2.75) is 38.0 Å². The minimum atomic E-state index is -0.429. The van der Waals surface area contributed by atoms with Gasteiger partial charge in [0, 0.05) is 11.3 Å². The van der Waals surface area contributed by atoms with E-state index in [1.807, 2.05) is 13.8 Å². The molecule has 1 fully saturated rings. The van der Waals surface area contributed by atoms with Gasteiger partial charge in [-0.15, -0.1) is 0 Å². The summed E-state index contributed by atoms with van der Waals surface area (Å²) in [5.41, 5.74) is 1.52. The number of nitrogens with zero attached hydrogens (tertiary/aromatic N) is 2. The third kappa shape index (κ3) is 2.84. The van der Waals surface area contributed by atoms with Gasteiger partial charge in [-0.05, 0) is 60.3 Å². The zero-order valence-corrected chi connectivity index (χ0v) is 14.2. The van der Waals surface area contributed by atoms with E-state index in [9.17, 15) is 4.39 Å². The number of hydrogen-bond donors (Lipinski definition) is 0. The molecule has 0 amide bonds. The lowest BCUT2D eigenvalue weighted by molar-refractivity contribution is 0.578. The molecule has 1 heterocycles. The highest BCUT2D eigenvalue weighted by Crippen LogP contribution is 2.44. The second-order valence-electron chi connectivity index (χ2n) is 5.94. The van der Waals surface area contributed by atoms with Gasteiger partial charge in [0.05, 0.1) is 10.2 Å². The Balaban J connectivity index is 2.07. The first-order chi connectivity index (χ1) is 9.89. The Hall–Kier alpha value is -1.00. The van der Waals surface area contributed by atoms with Crippen molar-refractivity contribution >= 4 is 27.5 Å². The fourth-order valence-corrected chi connectivity index (χ4v) is 3.02. The largest absolute Gasteiger partial charge is 0.235 e. The minimum Gasteiger partial charge on any atom is -0.235 e. The monoisotopic (exact) mass is 368 g/mol. The van der Waals surface area contributed by atoms with E-state index in [1.54, 1.807) is 12.1 Å². The standard InChI is InChI=1S/C16H15BrClFN2/c1-16(2,10-5-7-11(19)8-6-10)15-20-13(9-3-4-9)12(17)14(18)21-15/h5-9H,3-4H2,1-2H3. The molecule has 1 aliphatic rings. The van der Waals surface area contributed by atoms with Gasteiger partial charge in [-0.3, -0.25) is 0 Å². The molecule has 0 spiro atoms. The second-order valence-corrected chi connectivity index (χ2v) is 7.09. The number of halogens is 3. The van der Waals surface area contributed by atoms with Crippen molar-refractivity contribution in [3.63, 3.8) is 0 Å². The van der Waals surface area contributed by atoms with Gasteiger partial charge in [-0.1, -0.05) is 23.7 Å². The zero-order chi connectivity index (χ0) is 15.2. The molecule has 0 N–H and O–H groups in total. The average molecular weight is 370 g/mol. The van der Waals surface area contributed by atoms with Crippen molar-refractivity contribution in [3.8, 4) is 0 Å². The van der Waals surface area contributed by atoms with Crippen LogP contribution in [0.2, 0.25) is 5.15 Å². The Morgan fingerprint density at radius 1 is 1.19 bits per heavy atom. The van der Waals surface area contributed by atoms with Crippen molar-refractivity contribution in [1.82, 2.24) is 9.97 Å². The highest BCUT2D eigenvalue weighted by atomic mass is 79.9. The van der Waals surface area contributed by atoms with Gasteiger partial charge >= 0.3 is 0 Å². The Morgan fingerprint density at radius 3 is 2.38 bits per heavy atom. The van der Waals surface area contributed by atoms with Crippen LogP contribution in [0, 0.1) is 5.82 Å². The van der Waals surface area contributed by atoms with Gasteiger partial charge in [-0.2, -0.15) is 0 Å². The maximum atomic E-state index is 13.1. The molecule has 0 saturated heterocycles. The molecule has 2 aromatic rings. The lowest BCUT2D eigenvalue weighted by Gasteiger charge is -2.24. The van der Waals surface area contributed by atoms with E-state index in [1.165, 1.54) is 12.1 Å². The smallest absolute Gasteiger partial charge is 0.147 e. The van der Waals surface area contributed by atoms with Crippen LogP contribution in [-0.2, 0) is 5.41 Å². The molecule has 1 aliphatic carbocycles. The average Bonchev–Trinajstić information content (AvgIpc) is 3.26. The summed E-state index contributed by atoms with van der Waals surface area (Å²) in [6, 6.07) is 6.45. The van der Waals surface area contributed by atoms with E-state index in [0.29, 0.717) is 16.9 Å². The fraction of sp³-hybridized carbons (Fsp3) is 0.375. The summed E-state index contributed by atoms with van der Waals surface area (Å²) in [7, 11) is 0. The molecular weight excluding hydrogens is 355 g/mol. The van der Waals surface area contributed by atoms with Crippen LogP contribution >= 0.6 is 27.5 Å². The van der Waals surface area contributed by atoms with Crippen LogP contribution in [0.3, 0.4) is 0 Å². The highest BCUT2D eigenvalue weighted by Gasteiger charge is 2.33. The predicted molar refractivity (Wildman–Crippen MR) is 85.2 cm³/mol. The molecule has 1 aromatic heterocycles. The Morgan fingerprint density at radius 2 is 1.81 bits per heavy atom. The number of aromatic nitrogens is 2. The first-order valence-electron chi connectivity index (χ1n) is 6.89. The van der Waals surface area contributed by atoms with Crippen LogP contribution in [-0.4, -0.2) is 9.97 Å². The Labute approximate surface area is 136 Å². The summed E-state index contributed by atoms with van der Waals surface area (Å²) >= 11 is 9.73. The van der Waals surface area contributed by atoms with Crippen molar-refractivity contribution < 1.29 is 4.39 Å². The van der Waals surface area contributed by atoms with Gasteiger partial charge < -0.3 is 0 Å². The fourth-order valence-electron chi connectivity index (χ4n) is 2.34. The first kappa shape index (κ1) is 14.9. The maximum absolute atomic E-state index is 13.1. The van der Waals surface area contributed by atoms with Gasteiger partial charge in [0.15, 0.2) is 0 Å². The summed E-state index contributed by atoms with van der Waals surface area (Å²) in [5, 5.41) is 0.442. The quantitative estimate of drug-likeness (QED) is 0.692. The van der Waals surface area contributed by atoms with Crippen molar-refractivity contribution in [3.05, 3.63) is 56.8 Å². The molecule has 0 unspecified atom stereocenters. The van der Waals surface area contributed by atoms with Crippen molar-refractivity contribution in [2.24, 2.45) is 0 Å². The summed E-state index contributed by atoms with van der Waals surface area (Å²) in [5.74, 6) is 0.898. The van der Waals surface area contributed by atoms with Gasteiger partial charge in [-0.25, -0.2) is 14.4 Å². The van der Waals surface area contributed by atoms with Crippen LogP contribution < -0.4 is 0 Å². The second kappa shape index (κ2) is 5.33. The molecule has 0 aliphatic heterocycles.